The Kier molecular flexibility index (Phi) is 6.41. The molecule has 0 aliphatic heterocycles. The van der Waals surface area contributed by atoms with Crippen LogP contribution in [0.5, 0.6) is 0 Å². The highest BCUT2D eigenvalue weighted by Gasteiger charge is 2.14. The van der Waals surface area contributed by atoms with Crippen molar-refractivity contribution >= 4 is 74.3 Å². The molecule has 5 nitrogen and oxygen atoms in total. The standard InChI is InChI=1S/C16H11BrN2O3S4/c1-24-15-18-19(16(23)26-15)10-4-2-9(3-5-10)14(21)22-8-11(20)12-6-7-13(17)25-12/h2-7H,8H2,1H3. The number of hydrogen-bond donors (Lipinski definition) is 0. The van der Waals surface area contributed by atoms with Crippen molar-refractivity contribution in [3.63, 3.8) is 0 Å². The molecule has 0 atom stereocenters. The molecule has 0 fully saturated rings. The molecule has 0 aliphatic rings. The third-order valence-electron chi connectivity index (χ3n) is 3.23. The minimum Gasteiger partial charge on any atom is -0.454 e. The van der Waals surface area contributed by atoms with Crippen LogP contribution in [0.3, 0.4) is 0 Å². The van der Waals surface area contributed by atoms with Gasteiger partial charge in [-0.2, -0.15) is 0 Å². The summed E-state index contributed by atoms with van der Waals surface area (Å²) < 4.78 is 9.12. The SMILES string of the molecule is CSc1nn(-c2ccc(C(=O)OCC(=O)c3ccc(Br)s3)cc2)c(=S)s1. The average molecular weight is 487 g/mol. The fraction of sp³-hybridized carbons (Fsp3) is 0.125. The largest absolute Gasteiger partial charge is 0.454 e. The van der Waals surface area contributed by atoms with Gasteiger partial charge in [-0.3, -0.25) is 4.79 Å². The molecular formula is C16H11BrN2O3S4. The number of benzene rings is 1. The number of ether oxygens (including phenoxy) is 1. The predicted molar refractivity (Wildman–Crippen MR) is 111 cm³/mol. The zero-order valence-electron chi connectivity index (χ0n) is 13.3. The normalized spacial score (nSPS) is 10.7. The van der Waals surface area contributed by atoms with Crippen molar-refractivity contribution in [2.45, 2.75) is 4.34 Å². The van der Waals surface area contributed by atoms with Gasteiger partial charge in [-0.05, 0) is 70.8 Å². The maximum atomic E-state index is 12.1. The smallest absolute Gasteiger partial charge is 0.338 e. The molecule has 0 spiro atoms. The summed E-state index contributed by atoms with van der Waals surface area (Å²) in [5.74, 6) is -0.781. The molecule has 3 aromatic rings. The van der Waals surface area contributed by atoms with Crippen LogP contribution < -0.4 is 0 Å². The molecule has 0 saturated heterocycles. The lowest BCUT2D eigenvalue weighted by Gasteiger charge is -2.05. The fourth-order valence-corrected chi connectivity index (χ4v) is 5.08. The summed E-state index contributed by atoms with van der Waals surface area (Å²) in [5.41, 5.74) is 1.13. The van der Waals surface area contributed by atoms with E-state index in [1.54, 1.807) is 41.1 Å². The van der Waals surface area contributed by atoms with Crippen LogP contribution in [-0.2, 0) is 4.74 Å². The van der Waals surface area contributed by atoms with Gasteiger partial charge in [-0.15, -0.1) is 16.4 Å². The van der Waals surface area contributed by atoms with Crippen LogP contribution in [0.15, 0.2) is 44.5 Å². The zero-order valence-corrected chi connectivity index (χ0v) is 18.2. The highest BCUT2D eigenvalue weighted by Crippen LogP contribution is 2.23. The molecule has 134 valence electrons. The van der Waals surface area contributed by atoms with Gasteiger partial charge in [-0.1, -0.05) is 23.1 Å². The summed E-state index contributed by atoms with van der Waals surface area (Å²) in [6.45, 7) is -0.290. The first-order chi connectivity index (χ1) is 12.5. The van der Waals surface area contributed by atoms with Gasteiger partial charge in [0, 0.05) is 0 Å². The summed E-state index contributed by atoms with van der Waals surface area (Å²) in [4.78, 5) is 24.7. The third-order valence-corrected chi connectivity index (χ3v) is 7.11. The Labute approximate surface area is 175 Å². The zero-order chi connectivity index (χ0) is 18.7. The first-order valence-electron chi connectivity index (χ1n) is 7.18. The van der Waals surface area contributed by atoms with E-state index in [1.165, 1.54) is 34.4 Å². The third kappa shape index (κ3) is 4.49. The lowest BCUT2D eigenvalue weighted by Crippen LogP contribution is -2.13. The molecule has 2 heterocycles. The Bertz CT molecular complexity index is 1010. The Hall–Kier alpha value is -1.33. The van der Waals surface area contributed by atoms with Crippen molar-refractivity contribution < 1.29 is 14.3 Å². The van der Waals surface area contributed by atoms with E-state index in [1.807, 2.05) is 6.26 Å². The van der Waals surface area contributed by atoms with Crippen molar-refractivity contribution in [2.75, 3.05) is 12.9 Å². The fourth-order valence-electron chi connectivity index (χ4n) is 1.99. The van der Waals surface area contributed by atoms with Gasteiger partial charge < -0.3 is 4.74 Å². The number of Topliss-reactive ketones (excluding diaryl/α,β-unsaturated/α-hetero) is 1. The second kappa shape index (κ2) is 8.57. The minimum atomic E-state index is -0.549. The Morgan fingerprint density at radius 2 is 1.96 bits per heavy atom. The molecular weight excluding hydrogens is 476 g/mol. The molecule has 0 amide bonds. The number of thioether (sulfide) groups is 1. The topological polar surface area (TPSA) is 61.2 Å². The maximum absolute atomic E-state index is 12.1. The van der Waals surface area contributed by atoms with Gasteiger partial charge >= 0.3 is 5.97 Å². The number of halogens is 1. The first-order valence-corrected chi connectivity index (χ1v) is 11.2. The van der Waals surface area contributed by atoms with Crippen molar-refractivity contribution in [1.82, 2.24) is 9.78 Å². The van der Waals surface area contributed by atoms with Crippen molar-refractivity contribution in [3.8, 4) is 5.69 Å². The summed E-state index contributed by atoms with van der Waals surface area (Å²) in [7, 11) is 0. The van der Waals surface area contributed by atoms with E-state index < -0.39 is 5.97 Å². The minimum absolute atomic E-state index is 0.232. The quantitative estimate of drug-likeness (QED) is 0.205. The van der Waals surface area contributed by atoms with Crippen LogP contribution in [-0.4, -0.2) is 34.4 Å². The number of carbonyl (C=O) groups excluding carboxylic acids is 2. The molecule has 10 heteroatoms. The van der Waals surface area contributed by atoms with Crippen LogP contribution >= 0.6 is 62.6 Å². The molecule has 1 aromatic carbocycles. The summed E-state index contributed by atoms with van der Waals surface area (Å²) in [6.07, 6.45) is 1.94. The highest BCUT2D eigenvalue weighted by atomic mass is 79.9. The van der Waals surface area contributed by atoms with Crippen LogP contribution in [0.4, 0.5) is 0 Å². The monoisotopic (exact) mass is 486 g/mol. The predicted octanol–water partition coefficient (Wildman–Crippen LogP) is 5.25. The number of nitrogens with zero attached hydrogens (tertiary/aromatic N) is 2. The second-order valence-electron chi connectivity index (χ2n) is 4.90. The van der Waals surface area contributed by atoms with Crippen LogP contribution in [0, 0.1) is 3.95 Å². The Balaban J connectivity index is 1.66. The highest BCUT2D eigenvalue weighted by molar-refractivity contribution is 9.11. The van der Waals surface area contributed by atoms with Crippen LogP contribution in [0.2, 0.25) is 0 Å². The van der Waals surface area contributed by atoms with Crippen molar-refractivity contribution in [2.24, 2.45) is 0 Å². The number of thiophene rings is 1. The number of carbonyl (C=O) groups is 2. The van der Waals surface area contributed by atoms with Crippen molar-refractivity contribution in [3.05, 3.63) is 54.6 Å². The molecule has 0 radical (unpaired) electrons. The van der Waals surface area contributed by atoms with Crippen LogP contribution in [0.25, 0.3) is 5.69 Å². The Morgan fingerprint density at radius 3 is 2.54 bits per heavy atom. The lowest BCUT2D eigenvalue weighted by atomic mass is 10.2. The number of esters is 1. The van der Waals surface area contributed by atoms with Crippen molar-refractivity contribution in [1.29, 1.82) is 0 Å². The molecule has 3 rings (SSSR count). The number of aromatic nitrogens is 2. The Morgan fingerprint density at radius 1 is 1.23 bits per heavy atom. The van der Waals surface area contributed by atoms with E-state index in [4.69, 9.17) is 17.0 Å². The van der Waals surface area contributed by atoms with E-state index in [2.05, 4.69) is 21.0 Å². The average Bonchev–Trinajstić information content (AvgIpc) is 3.25. The number of ketones is 1. The molecule has 0 N–H and O–H groups in total. The summed E-state index contributed by atoms with van der Waals surface area (Å²) in [5, 5.41) is 4.40. The summed E-state index contributed by atoms with van der Waals surface area (Å²) >= 11 is 12.9. The molecule has 0 unspecified atom stereocenters. The molecule has 0 aliphatic carbocycles. The molecule has 2 aromatic heterocycles. The van der Waals surface area contributed by atoms with Gasteiger partial charge in [0.2, 0.25) is 5.78 Å². The summed E-state index contributed by atoms with van der Waals surface area (Å²) in [6, 6.07) is 10.2. The van der Waals surface area contributed by atoms with Gasteiger partial charge in [0.05, 0.1) is 19.9 Å². The molecule has 0 saturated carbocycles. The first kappa shape index (κ1) is 19.4. The van der Waals surface area contributed by atoms with Crippen LogP contribution in [0.1, 0.15) is 20.0 Å². The number of rotatable bonds is 6. The van der Waals surface area contributed by atoms with E-state index >= 15 is 0 Å². The van der Waals surface area contributed by atoms with E-state index in [0.29, 0.717) is 14.4 Å². The van der Waals surface area contributed by atoms with Gasteiger partial charge in [0.15, 0.2) is 14.9 Å². The molecule has 26 heavy (non-hydrogen) atoms. The van der Waals surface area contributed by atoms with Gasteiger partial charge in [0.25, 0.3) is 0 Å². The second-order valence-corrected chi connectivity index (χ2v) is 10.0. The van der Waals surface area contributed by atoms with E-state index in [-0.39, 0.29) is 12.4 Å². The lowest BCUT2D eigenvalue weighted by molar-refractivity contribution is 0.0476. The van der Waals surface area contributed by atoms with Gasteiger partial charge in [0.1, 0.15) is 0 Å². The van der Waals surface area contributed by atoms with E-state index in [9.17, 15) is 9.59 Å². The molecule has 0 bridgehead atoms. The number of hydrogen-bond acceptors (Lipinski definition) is 8. The van der Waals surface area contributed by atoms with Gasteiger partial charge in [-0.25, -0.2) is 9.48 Å². The maximum Gasteiger partial charge on any atom is 0.338 e. The van der Waals surface area contributed by atoms with E-state index in [0.717, 1.165) is 13.8 Å².